The van der Waals surface area contributed by atoms with E-state index >= 15 is 0 Å². The fourth-order valence-electron chi connectivity index (χ4n) is 2.38. The largest absolute Gasteiger partial charge is 0.494 e. The van der Waals surface area contributed by atoms with E-state index < -0.39 is 10.0 Å². The molecule has 2 aromatic rings. The summed E-state index contributed by atoms with van der Waals surface area (Å²) in [5.74, 6) is 0.896. The van der Waals surface area contributed by atoms with Crippen molar-refractivity contribution in [2.75, 3.05) is 17.6 Å². The van der Waals surface area contributed by atoms with Gasteiger partial charge in [-0.05, 0) is 37.6 Å². The molecule has 0 saturated carbocycles. The van der Waals surface area contributed by atoms with E-state index in [0.717, 1.165) is 23.1 Å². The standard InChI is InChI=1S/C18H24N2O3S/c1-4-23-18-8-6-5-7-16(18)13-19-14(2)15-9-11-17(12-10-15)20-24(3,21)22/h5-12,14,19-20H,4,13H2,1-3H3. The van der Waals surface area contributed by atoms with Gasteiger partial charge in [-0.2, -0.15) is 0 Å². The van der Waals surface area contributed by atoms with Crippen LogP contribution in [0, 0.1) is 0 Å². The SMILES string of the molecule is CCOc1ccccc1CNC(C)c1ccc(NS(C)(=O)=O)cc1. The number of hydrogen-bond acceptors (Lipinski definition) is 4. The van der Waals surface area contributed by atoms with Crippen LogP contribution in [0.15, 0.2) is 48.5 Å². The first-order valence-electron chi connectivity index (χ1n) is 7.91. The quantitative estimate of drug-likeness (QED) is 0.768. The summed E-state index contributed by atoms with van der Waals surface area (Å²) in [6.45, 7) is 5.38. The molecule has 2 N–H and O–H groups in total. The van der Waals surface area contributed by atoms with Gasteiger partial charge < -0.3 is 10.1 Å². The van der Waals surface area contributed by atoms with Crippen molar-refractivity contribution in [2.24, 2.45) is 0 Å². The van der Waals surface area contributed by atoms with Crippen LogP contribution in [-0.2, 0) is 16.6 Å². The van der Waals surface area contributed by atoms with Crippen LogP contribution >= 0.6 is 0 Å². The van der Waals surface area contributed by atoms with Gasteiger partial charge in [0.15, 0.2) is 0 Å². The normalized spacial score (nSPS) is 12.6. The Labute approximate surface area is 144 Å². The summed E-state index contributed by atoms with van der Waals surface area (Å²) in [6.07, 6.45) is 1.14. The molecule has 0 bridgehead atoms. The van der Waals surface area contributed by atoms with Gasteiger partial charge in [-0.25, -0.2) is 8.42 Å². The van der Waals surface area contributed by atoms with Crippen LogP contribution in [0.1, 0.15) is 31.0 Å². The van der Waals surface area contributed by atoms with Crippen molar-refractivity contribution >= 4 is 15.7 Å². The lowest BCUT2D eigenvalue weighted by Gasteiger charge is -2.17. The molecule has 2 rings (SSSR count). The Bertz CT molecular complexity index is 758. The van der Waals surface area contributed by atoms with E-state index in [-0.39, 0.29) is 6.04 Å². The molecular weight excluding hydrogens is 324 g/mol. The molecule has 0 heterocycles. The van der Waals surface area contributed by atoms with E-state index in [2.05, 4.69) is 17.0 Å². The van der Waals surface area contributed by atoms with E-state index in [1.807, 2.05) is 43.3 Å². The molecule has 0 aliphatic rings. The third-order valence-electron chi connectivity index (χ3n) is 3.59. The second-order valence-electron chi connectivity index (χ2n) is 5.64. The van der Waals surface area contributed by atoms with Crippen LogP contribution in [0.3, 0.4) is 0 Å². The van der Waals surface area contributed by atoms with Crippen LogP contribution in [-0.4, -0.2) is 21.3 Å². The molecule has 0 radical (unpaired) electrons. The first-order valence-corrected chi connectivity index (χ1v) is 9.80. The van der Waals surface area contributed by atoms with Gasteiger partial charge in [0.1, 0.15) is 5.75 Å². The highest BCUT2D eigenvalue weighted by Crippen LogP contribution is 2.21. The molecule has 0 amide bonds. The monoisotopic (exact) mass is 348 g/mol. The topological polar surface area (TPSA) is 67.4 Å². The predicted molar refractivity (Wildman–Crippen MR) is 97.8 cm³/mol. The molecule has 0 aliphatic heterocycles. The molecule has 1 unspecified atom stereocenters. The molecule has 130 valence electrons. The smallest absolute Gasteiger partial charge is 0.229 e. The molecule has 6 heteroatoms. The van der Waals surface area contributed by atoms with E-state index in [1.165, 1.54) is 0 Å². The Hall–Kier alpha value is -2.05. The van der Waals surface area contributed by atoms with Crippen molar-refractivity contribution in [3.05, 3.63) is 59.7 Å². The third kappa shape index (κ3) is 5.54. The Kier molecular flexibility index (Phi) is 6.23. The molecule has 0 aromatic heterocycles. The number of hydrogen-bond donors (Lipinski definition) is 2. The molecule has 24 heavy (non-hydrogen) atoms. The average Bonchev–Trinajstić information content (AvgIpc) is 2.53. The number of sulfonamides is 1. The van der Waals surface area contributed by atoms with Crippen molar-refractivity contribution in [1.29, 1.82) is 0 Å². The zero-order chi connectivity index (χ0) is 17.6. The summed E-state index contributed by atoms with van der Waals surface area (Å²) in [5, 5.41) is 3.46. The minimum atomic E-state index is -3.25. The summed E-state index contributed by atoms with van der Waals surface area (Å²) in [6, 6.07) is 15.5. The Morgan fingerprint density at radius 2 is 1.75 bits per heavy atom. The highest BCUT2D eigenvalue weighted by Gasteiger charge is 2.08. The van der Waals surface area contributed by atoms with Crippen molar-refractivity contribution in [1.82, 2.24) is 5.32 Å². The maximum atomic E-state index is 11.2. The van der Waals surface area contributed by atoms with Crippen molar-refractivity contribution in [3.8, 4) is 5.75 Å². The third-order valence-corrected chi connectivity index (χ3v) is 4.19. The molecule has 0 saturated heterocycles. The Balaban J connectivity index is 1.99. The summed E-state index contributed by atoms with van der Waals surface area (Å²) < 4.78 is 30.6. The number of benzene rings is 2. The highest BCUT2D eigenvalue weighted by molar-refractivity contribution is 7.92. The van der Waals surface area contributed by atoms with Crippen LogP contribution in [0.25, 0.3) is 0 Å². The maximum absolute atomic E-state index is 11.2. The molecule has 2 aromatic carbocycles. The molecule has 0 fully saturated rings. The van der Waals surface area contributed by atoms with Crippen molar-refractivity contribution in [2.45, 2.75) is 26.4 Å². The van der Waals surface area contributed by atoms with Gasteiger partial charge in [0.25, 0.3) is 0 Å². The van der Waals surface area contributed by atoms with E-state index in [9.17, 15) is 8.42 Å². The fraction of sp³-hybridized carbons (Fsp3) is 0.333. The lowest BCUT2D eigenvalue weighted by molar-refractivity contribution is 0.335. The summed E-state index contributed by atoms with van der Waals surface area (Å²) in [7, 11) is -3.25. The molecule has 0 spiro atoms. The Morgan fingerprint density at radius 3 is 2.38 bits per heavy atom. The highest BCUT2D eigenvalue weighted by atomic mass is 32.2. The number of ether oxygens (including phenoxy) is 1. The van der Waals surface area contributed by atoms with Gasteiger partial charge in [0.2, 0.25) is 10.0 Å². The van der Waals surface area contributed by atoms with Crippen LogP contribution in [0.2, 0.25) is 0 Å². The van der Waals surface area contributed by atoms with Gasteiger partial charge >= 0.3 is 0 Å². The number of nitrogens with one attached hydrogen (secondary N) is 2. The summed E-state index contributed by atoms with van der Waals surface area (Å²) in [4.78, 5) is 0. The van der Waals surface area contributed by atoms with Gasteiger partial charge in [-0.3, -0.25) is 4.72 Å². The van der Waals surface area contributed by atoms with Gasteiger partial charge in [0, 0.05) is 23.8 Å². The minimum Gasteiger partial charge on any atom is -0.494 e. The van der Waals surface area contributed by atoms with Crippen LogP contribution < -0.4 is 14.8 Å². The minimum absolute atomic E-state index is 0.131. The molecule has 1 atom stereocenters. The van der Waals surface area contributed by atoms with E-state index in [0.29, 0.717) is 18.8 Å². The van der Waals surface area contributed by atoms with Gasteiger partial charge in [0.05, 0.1) is 12.9 Å². The lowest BCUT2D eigenvalue weighted by atomic mass is 10.1. The van der Waals surface area contributed by atoms with Crippen LogP contribution in [0.5, 0.6) is 5.75 Å². The summed E-state index contributed by atoms with van der Waals surface area (Å²) >= 11 is 0. The summed E-state index contributed by atoms with van der Waals surface area (Å²) in [5.41, 5.74) is 2.76. The Morgan fingerprint density at radius 1 is 1.08 bits per heavy atom. The van der Waals surface area contributed by atoms with E-state index in [1.54, 1.807) is 12.1 Å². The number of para-hydroxylation sites is 1. The van der Waals surface area contributed by atoms with Crippen molar-refractivity contribution < 1.29 is 13.2 Å². The number of rotatable bonds is 8. The average molecular weight is 348 g/mol. The van der Waals surface area contributed by atoms with E-state index in [4.69, 9.17) is 4.74 Å². The maximum Gasteiger partial charge on any atom is 0.229 e. The zero-order valence-corrected chi connectivity index (χ0v) is 15.1. The zero-order valence-electron chi connectivity index (χ0n) is 14.2. The molecule has 5 nitrogen and oxygen atoms in total. The first-order chi connectivity index (χ1) is 11.4. The van der Waals surface area contributed by atoms with Crippen LogP contribution in [0.4, 0.5) is 5.69 Å². The molecule has 0 aliphatic carbocycles. The number of anilines is 1. The van der Waals surface area contributed by atoms with Gasteiger partial charge in [-0.15, -0.1) is 0 Å². The molecular formula is C18H24N2O3S. The van der Waals surface area contributed by atoms with Crippen molar-refractivity contribution in [3.63, 3.8) is 0 Å². The predicted octanol–water partition coefficient (Wildman–Crippen LogP) is 3.31. The first kappa shape index (κ1) is 18.3. The second kappa shape index (κ2) is 8.17. The lowest BCUT2D eigenvalue weighted by Crippen LogP contribution is -2.18. The fourth-order valence-corrected chi connectivity index (χ4v) is 2.95. The van der Waals surface area contributed by atoms with Gasteiger partial charge in [-0.1, -0.05) is 30.3 Å². The second-order valence-corrected chi connectivity index (χ2v) is 7.39.